The van der Waals surface area contributed by atoms with E-state index in [1.165, 1.54) is 37.8 Å². The van der Waals surface area contributed by atoms with Crippen molar-refractivity contribution < 1.29 is 4.42 Å². The molecule has 1 aliphatic carbocycles. The molecule has 2 aliphatic rings. The highest BCUT2D eigenvalue weighted by Crippen LogP contribution is 2.26. The van der Waals surface area contributed by atoms with Crippen molar-refractivity contribution in [2.45, 2.75) is 71.6 Å². The first kappa shape index (κ1) is 14.2. The van der Waals surface area contributed by atoms with Gasteiger partial charge in [0, 0.05) is 30.7 Å². The number of piperidine rings is 1. The number of nitrogens with zero attached hydrogens (tertiary/aromatic N) is 1. The van der Waals surface area contributed by atoms with E-state index in [1.54, 1.807) is 0 Å². The average Bonchev–Trinajstić information content (AvgIpc) is 3.17. The Balaban J connectivity index is 1.60. The summed E-state index contributed by atoms with van der Waals surface area (Å²) in [6.07, 6.45) is 5.36. The SMILES string of the molecule is Cc1oc(CNC2CC2)cc1CN1CC(C)CCC1C. The molecule has 0 bridgehead atoms. The van der Waals surface area contributed by atoms with Crippen molar-refractivity contribution in [3.8, 4) is 0 Å². The quantitative estimate of drug-likeness (QED) is 0.892. The minimum absolute atomic E-state index is 0.702. The second-order valence-electron chi connectivity index (χ2n) is 6.91. The van der Waals surface area contributed by atoms with Gasteiger partial charge in [-0.25, -0.2) is 0 Å². The molecule has 3 rings (SSSR count). The molecule has 2 heterocycles. The third kappa shape index (κ3) is 3.44. The summed E-state index contributed by atoms with van der Waals surface area (Å²) in [5.74, 6) is 3.03. The van der Waals surface area contributed by atoms with Crippen LogP contribution in [0.4, 0.5) is 0 Å². The van der Waals surface area contributed by atoms with Crippen molar-refractivity contribution in [1.82, 2.24) is 10.2 Å². The molecule has 1 N–H and O–H groups in total. The lowest BCUT2D eigenvalue weighted by Gasteiger charge is -2.36. The van der Waals surface area contributed by atoms with E-state index in [-0.39, 0.29) is 0 Å². The molecule has 20 heavy (non-hydrogen) atoms. The number of hydrogen-bond acceptors (Lipinski definition) is 3. The van der Waals surface area contributed by atoms with Crippen LogP contribution in [-0.4, -0.2) is 23.5 Å². The van der Waals surface area contributed by atoms with E-state index in [2.05, 4.69) is 37.1 Å². The summed E-state index contributed by atoms with van der Waals surface area (Å²) in [6.45, 7) is 9.99. The van der Waals surface area contributed by atoms with Crippen molar-refractivity contribution >= 4 is 0 Å². The summed E-state index contributed by atoms with van der Waals surface area (Å²) in [4.78, 5) is 2.62. The highest BCUT2D eigenvalue weighted by atomic mass is 16.3. The van der Waals surface area contributed by atoms with Crippen molar-refractivity contribution in [3.05, 3.63) is 23.2 Å². The third-order valence-corrected chi connectivity index (χ3v) is 4.83. The first-order chi connectivity index (χ1) is 9.61. The van der Waals surface area contributed by atoms with Crippen LogP contribution in [0.25, 0.3) is 0 Å². The summed E-state index contributed by atoms with van der Waals surface area (Å²) in [7, 11) is 0. The van der Waals surface area contributed by atoms with Crippen LogP contribution in [0, 0.1) is 12.8 Å². The molecule has 0 spiro atoms. The molecule has 1 aromatic heterocycles. The average molecular weight is 276 g/mol. The summed E-state index contributed by atoms with van der Waals surface area (Å²) in [5, 5.41) is 3.53. The predicted molar refractivity (Wildman–Crippen MR) is 81.6 cm³/mol. The van der Waals surface area contributed by atoms with Crippen LogP contribution in [0.1, 0.15) is 56.6 Å². The fraction of sp³-hybridized carbons (Fsp3) is 0.765. The molecule has 2 atom stereocenters. The molecule has 3 nitrogen and oxygen atoms in total. The molecule has 2 fully saturated rings. The second kappa shape index (κ2) is 5.90. The van der Waals surface area contributed by atoms with E-state index < -0.39 is 0 Å². The standard InChI is InChI=1S/C17H28N2O/c1-12-4-5-13(2)19(10-12)11-15-8-17(20-14(15)3)9-18-16-6-7-16/h8,12-13,16,18H,4-7,9-11H2,1-3H3. The highest BCUT2D eigenvalue weighted by Gasteiger charge is 2.24. The Bertz CT molecular complexity index is 450. The van der Waals surface area contributed by atoms with Crippen LogP contribution in [-0.2, 0) is 13.1 Å². The Kier molecular flexibility index (Phi) is 4.18. The molecule has 1 saturated heterocycles. The van der Waals surface area contributed by atoms with Crippen LogP contribution in [0.5, 0.6) is 0 Å². The van der Waals surface area contributed by atoms with Gasteiger partial charge in [-0.15, -0.1) is 0 Å². The van der Waals surface area contributed by atoms with Gasteiger partial charge in [0.15, 0.2) is 0 Å². The van der Waals surface area contributed by atoms with E-state index in [1.807, 2.05) is 0 Å². The van der Waals surface area contributed by atoms with Gasteiger partial charge in [0.1, 0.15) is 11.5 Å². The van der Waals surface area contributed by atoms with Gasteiger partial charge in [-0.1, -0.05) is 6.92 Å². The second-order valence-corrected chi connectivity index (χ2v) is 6.91. The molecular formula is C17H28N2O. The summed E-state index contributed by atoms with van der Waals surface area (Å²) in [5.41, 5.74) is 1.37. The molecule has 0 radical (unpaired) electrons. The van der Waals surface area contributed by atoms with Crippen LogP contribution in [0.3, 0.4) is 0 Å². The highest BCUT2D eigenvalue weighted by molar-refractivity contribution is 5.21. The topological polar surface area (TPSA) is 28.4 Å². The maximum absolute atomic E-state index is 5.91. The maximum atomic E-state index is 5.91. The monoisotopic (exact) mass is 276 g/mol. The molecule has 1 saturated carbocycles. The number of furan rings is 1. The molecule has 1 aliphatic heterocycles. The molecule has 0 aromatic carbocycles. The van der Waals surface area contributed by atoms with Gasteiger partial charge in [0.2, 0.25) is 0 Å². The van der Waals surface area contributed by atoms with Gasteiger partial charge in [0.05, 0.1) is 6.54 Å². The van der Waals surface area contributed by atoms with Gasteiger partial charge in [-0.05, 0) is 51.5 Å². The zero-order valence-electron chi connectivity index (χ0n) is 13.1. The largest absolute Gasteiger partial charge is 0.465 e. The lowest BCUT2D eigenvalue weighted by atomic mass is 9.94. The normalized spacial score (nSPS) is 27.9. The van der Waals surface area contributed by atoms with Crippen LogP contribution < -0.4 is 5.32 Å². The smallest absolute Gasteiger partial charge is 0.118 e. The Labute approximate surface area is 122 Å². The Hall–Kier alpha value is -0.800. The number of hydrogen-bond donors (Lipinski definition) is 1. The van der Waals surface area contributed by atoms with Crippen molar-refractivity contribution in [3.63, 3.8) is 0 Å². The van der Waals surface area contributed by atoms with E-state index in [0.717, 1.165) is 36.6 Å². The minimum atomic E-state index is 0.702. The molecule has 1 aromatic rings. The van der Waals surface area contributed by atoms with Crippen molar-refractivity contribution in [2.75, 3.05) is 6.54 Å². The third-order valence-electron chi connectivity index (χ3n) is 4.83. The van der Waals surface area contributed by atoms with Crippen molar-refractivity contribution in [1.29, 1.82) is 0 Å². The van der Waals surface area contributed by atoms with Crippen LogP contribution in [0.15, 0.2) is 10.5 Å². The molecule has 2 unspecified atom stereocenters. The maximum Gasteiger partial charge on any atom is 0.118 e. The van der Waals surface area contributed by atoms with E-state index in [4.69, 9.17) is 4.42 Å². The fourth-order valence-corrected chi connectivity index (χ4v) is 3.18. The zero-order chi connectivity index (χ0) is 14.1. The Morgan fingerprint density at radius 2 is 2.05 bits per heavy atom. The first-order valence-electron chi connectivity index (χ1n) is 8.17. The predicted octanol–water partition coefficient (Wildman–Crippen LogP) is 3.46. The van der Waals surface area contributed by atoms with Gasteiger partial charge >= 0.3 is 0 Å². The number of likely N-dealkylation sites (tertiary alicyclic amines) is 1. The minimum Gasteiger partial charge on any atom is -0.465 e. The van der Waals surface area contributed by atoms with E-state index in [9.17, 15) is 0 Å². The van der Waals surface area contributed by atoms with Gasteiger partial charge in [0.25, 0.3) is 0 Å². The molecule has 3 heteroatoms. The molecule has 0 amide bonds. The van der Waals surface area contributed by atoms with Gasteiger partial charge < -0.3 is 9.73 Å². The van der Waals surface area contributed by atoms with E-state index in [0.29, 0.717) is 6.04 Å². The number of nitrogens with one attached hydrogen (secondary N) is 1. The van der Waals surface area contributed by atoms with Crippen LogP contribution >= 0.6 is 0 Å². The molecule has 112 valence electrons. The molecular weight excluding hydrogens is 248 g/mol. The summed E-state index contributed by atoms with van der Waals surface area (Å²) < 4.78 is 5.91. The number of rotatable bonds is 5. The Morgan fingerprint density at radius 1 is 1.25 bits per heavy atom. The van der Waals surface area contributed by atoms with Gasteiger partial charge in [-0.2, -0.15) is 0 Å². The zero-order valence-corrected chi connectivity index (χ0v) is 13.1. The Morgan fingerprint density at radius 3 is 2.80 bits per heavy atom. The van der Waals surface area contributed by atoms with Crippen LogP contribution in [0.2, 0.25) is 0 Å². The first-order valence-corrected chi connectivity index (χ1v) is 8.17. The van der Waals surface area contributed by atoms with Crippen molar-refractivity contribution in [2.24, 2.45) is 5.92 Å². The van der Waals surface area contributed by atoms with Gasteiger partial charge in [-0.3, -0.25) is 4.90 Å². The lowest BCUT2D eigenvalue weighted by Crippen LogP contribution is -2.40. The summed E-state index contributed by atoms with van der Waals surface area (Å²) in [6, 6.07) is 3.71. The number of aryl methyl sites for hydroxylation is 1. The van der Waals surface area contributed by atoms with E-state index >= 15 is 0 Å². The lowest BCUT2D eigenvalue weighted by molar-refractivity contribution is 0.117. The summed E-state index contributed by atoms with van der Waals surface area (Å²) >= 11 is 0. The fourth-order valence-electron chi connectivity index (χ4n) is 3.18.